The Kier molecular flexibility index (Phi) is 9.16. The number of thiazole rings is 1. The molecule has 0 unspecified atom stereocenters. The van der Waals surface area contributed by atoms with Crippen LogP contribution in [-0.2, 0) is 4.79 Å². The summed E-state index contributed by atoms with van der Waals surface area (Å²) in [5.41, 5.74) is 0. The molecule has 3 rings (SSSR count). The Morgan fingerprint density at radius 2 is 2.06 bits per heavy atom. The third-order valence-electron chi connectivity index (χ3n) is 5.36. The van der Waals surface area contributed by atoms with Crippen LogP contribution in [0, 0.1) is 11.7 Å². The summed E-state index contributed by atoms with van der Waals surface area (Å²) in [5, 5.41) is 12.1. The number of nitrogens with zero attached hydrogens (tertiary/aromatic N) is 2. The summed E-state index contributed by atoms with van der Waals surface area (Å²) in [6.07, 6.45) is 6.19. The SMILES string of the molecule is CC1CCC(N(CCCOc2ccccc2F)C(=O)Nc2ncc(SCC(=O)O)s2)CC1. The lowest BCUT2D eigenvalue weighted by Crippen LogP contribution is -2.45. The van der Waals surface area contributed by atoms with Gasteiger partial charge in [0.25, 0.3) is 0 Å². The van der Waals surface area contributed by atoms with Gasteiger partial charge in [0.1, 0.15) is 0 Å². The number of hydrogen-bond acceptors (Lipinski definition) is 6. The van der Waals surface area contributed by atoms with Gasteiger partial charge in [-0.05, 0) is 50.2 Å². The van der Waals surface area contributed by atoms with Gasteiger partial charge in [0.2, 0.25) is 0 Å². The Morgan fingerprint density at radius 3 is 2.78 bits per heavy atom. The van der Waals surface area contributed by atoms with Gasteiger partial charge in [0.05, 0.1) is 22.8 Å². The Balaban J connectivity index is 1.57. The molecule has 10 heteroatoms. The lowest BCUT2D eigenvalue weighted by atomic mass is 9.86. The molecule has 1 fully saturated rings. The maximum atomic E-state index is 13.7. The molecule has 1 aromatic heterocycles. The summed E-state index contributed by atoms with van der Waals surface area (Å²) in [6.45, 7) is 3.03. The van der Waals surface area contributed by atoms with Crippen LogP contribution in [0.5, 0.6) is 5.75 Å². The fraction of sp³-hybridized carbons (Fsp3) is 0.500. The predicted molar refractivity (Wildman–Crippen MR) is 124 cm³/mol. The number of aliphatic carboxylic acids is 1. The minimum atomic E-state index is -0.899. The van der Waals surface area contributed by atoms with Crippen molar-refractivity contribution in [2.45, 2.75) is 49.3 Å². The number of rotatable bonds is 10. The molecule has 2 amide bonds. The molecule has 32 heavy (non-hydrogen) atoms. The van der Waals surface area contributed by atoms with E-state index in [1.54, 1.807) is 24.4 Å². The number of benzene rings is 1. The van der Waals surface area contributed by atoms with Crippen molar-refractivity contribution in [1.29, 1.82) is 0 Å². The molecule has 1 saturated carbocycles. The van der Waals surface area contributed by atoms with Crippen molar-refractivity contribution in [3.8, 4) is 5.75 Å². The molecule has 1 heterocycles. The van der Waals surface area contributed by atoms with E-state index in [0.29, 0.717) is 30.6 Å². The molecule has 0 radical (unpaired) electrons. The minimum Gasteiger partial charge on any atom is -0.490 e. The van der Waals surface area contributed by atoms with Crippen LogP contribution in [0.25, 0.3) is 0 Å². The number of para-hydroxylation sites is 1. The van der Waals surface area contributed by atoms with Crippen molar-refractivity contribution in [1.82, 2.24) is 9.88 Å². The molecule has 1 aliphatic carbocycles. The van der Waals surface area contributed by atoms with E-state index in [0.717, 1.165) is 29.9 Å². The highest BCUT2D eigenvalue weighted by molar-refractivity contribution is 8.01. The first-order chi connectivity index (χ1) is 15.4. The summed E-state index contributed by atoms with van der Waals surface area (Å²) < 4.78 is 20.0. The van der Waals surface area contributed by atoms with Crippen LogP contribution < -0.4 is 10.1 Å². The first-order valence-corrected chi connectivity index (χ1v) is 12.5. The predicted octanol–water partition coefficient (Wildman–Crippen LogP) is 5.34. The smallest absolute Gasteiger partial charge is 0.323 e. The average molecular weight is 482 g/mol. The van der Waals surface area contributed by atoms with Gasteiger partial charge in [0, 0.05) is 12.6 Å². The number of carbonyl (C=O) groups is 2. The van der Waals surface area contributed by atoms with Crippen LogP contribution >= 0.6 is 23.1 Å². The van der Waals surface area contributed by atoms with Crippen LogP contribution in [0.4, 0.5) is 14.3 Å². The van der Waals surface area contributed by atoms with E-state index in [4.69, 9.17) is 9.84 Å². The first kappa shape index (κ1) is 24.3. The Bertz CT molecular complexity index is 903. The molecule has 2 N–H and O–H groups in total. The lowest BCUT2D eigenvalue weighted by Gasteiger charge is -2.36. The van der Waals surface area contributed by atoms with Crippen molar-refractivity contribution in [2.75, 3.05) is 24.2 Å². The third-order valence-corrected chi connectivity index (χ3v) is 7.45. The molecule has 2 aromatic rings. The van der Waals surface area contributed by atoms with Gasteiger partial charge in [-0.3, -0.25) is 10.1 Å². The highest BCUT2D eigenvalue weighted by Crippen LogP contribution is 2.30. The van der Waals surface area contributed by atoms with Gasteiger partial charge in [-0.15, -0.1) is 11.8 Å². The number of halogens is 1. The second kappa shape index (κ2) is 12.1. The van der Waals surface area contributed by atoms with E-state index in [-0.39, 0.29) is 23.6 Å². The largest absolute Gasteiger partial charge is 0.490 e. The zero-order chi connectivity index (χ0) is 22.9. The standard InChI is InChI=1S/C22H28FN3O4S2/c1-15-7-9-16(10-8-15)26(11-4-12-30-18-6-3-2-5-17(18)23)22(29)25-21-24-13-20(32-21)31-14-19(27)28/h2-3,5-6,13,15-16H,4,7-12,14H2,1H3,(H,27,28)(H,24,25,29). The van der Waals surface area contributed by atoms with Crippen LogP contribution in [-0.4, -0.2) is 51.9 Å². The number of nitrogens with one attached hydrogen (secondary N) is 1. The maximum Gasteiger partial charge on any atom is 0.323 e. The van der Waals surface area contributed by atoms with E-state index >= 15 is 0 Å². The number of hydrogen-bond donors (Lipinski definition) is 2. The molecular formula is C22H28FN3O4S2. The van der Waals surface area contributed by atoms with Crippen LogP contribution in [0.15, 0.2) is 34.7 Å². The van der Waals surface area contributed by atoms with E-state index in [9.17, 15) is 14.0 Å². The zero-order valence-corrected chi connectivity index (χ0v) is 19.6. The summed E-state index contributed by atoms with van der Waals surface area (Å²) in [6, 6.07) is 6.20. The van der Waals surface area contributed by atoms with E-state index in [2.05, 4.69) is 17.2 Å². The number of anilines is 1. The van der Waals surface area contributed by atoms with Crippen molar-refractivity contribution in [3.63, 3.8) is 0 Å². The number of amides is 2. The molecule has 0 aliphatic heterocycles. The van der Waals surface area contributed by atoms with E-state index < -0.39 is 11.8 Å². The van der Waals surface area contributed by atoms with Gasteiger partial charge >= 0.3 is 12.0 Å². The molecule has 0 atom stereocenters. The minimum absolute atomic E-state index is 0.0516. The second-order valence-electron chi connectivity index (χ2n) is 7.84. The topological polar surface area (TPSA) is 91.8 Å². The molecule has 1 aromatic carbocycles. The molecule has 7 nitrogen and oxygen atoms in total. The van der Waals surface area contributed by atoms with Gasteiger partial charge in [-0.2, -0.15) is 0 Å². The molecule has 1 aliphatic rings. The average Bonchev–Trinajstić information content (AvgIpc) is 3.21. The van der Waals surface area contributed by atoms with Crippen molar-refractivity contribution < 1.29 is 23.8 Å². The fourth-order valence-electron chi connectivity index (χ4n) is 3.66. The van der Waals surface area contributed by atoms with Crippen LogP contribution in [0.2, 0.25) is 0 Å². The number of carboxylic acids is 1. The van der Waals surface area contributed by atoms with Crippen LogP contribution in [0.1, 0.15) is 39.0 Å². The number of carbonyl (C=O) groups excluding carboxylic acids is 1. The summed E-state index contributed by atoms with van der Waals surface area (Å²) in [4.78, 5) is 29.8. The summed E-state index contributed by atoms with van der Waals surface area (Å²) in [7, 11) is 0. The molecule has 0 spiro atoms. The monoisotopic (exact) mass is 481 g/mol. The molecule has 0 saturated heterocycles. The zero-order valence-electron chi connectivity index (χ0n) is 18.0. The lowest BCUT2D eigenvalue weighted by molar-refractivity contribution is -0.133. The third kappa shape index (κ3) is 7.37. The molecular weight excluding hydrogens is 453 g/mol. The Hall–Kier alpha value is -2.33. The van der Waals surface area contributed by atoms with Crippen molar-refractivity contribution >= 4 is 40.2 Å². The number of ether oxygens (including phenoxy) is 1. The maximum absolute atomic E-state index is 13.7. The first-order valence-electron chi connectivity index (χ1n) is 10.7. The Labute approximate surface area is 195 Å². The molecule has 0 bridgehead atoms. The van der Waals surface area contributed by atoms with Gasteiger partial charge in [0.15, 0.2) is 16.7 Å². The summed E-state index contributed by atoms with van der Waals surface area (Å²) in [5.74, 6) is -0.477. The Morgan fingerprint density at radius 1 is 1.31 bits per heavy atom. The van der Waals surface area contributed by atoms with Crippen molar-refractivity contribution in [3.05, 3.63) is 36.3 Å². The van der Waals surface area contributed by atoms with Crippen molar-refractivity contribution in [2.24, 2.45) is 5.92 Å². The van der Waals surface area contributed by atoms with Gasteiger partial charge < -0.3 is 14.7 Å². The number of urea groups is 1. The van der Waals surface area contributed by atoms with Gasteiger partial charge in [-0.1, -0.05) is 30.4 Å². The number of thioether (sulfide) groups is 1. The summed E-state index contributed by atoms with van der Waals surface area (Å²) >= 11 is 2.43. The number of carboxylic acid groups (broad SMARTS) is 1. The second-order valence-corrected chi connectivity index (χ2v) is 10.1. The highest BCUT2D eigenvalue weighted by Gasteiger charge is 2.28. The van der Waals surface area contributed by atoms with E-state index in [1.165, 1.54) is 29.2 Å². The fourth-order valence-corrected chi connectivity index (χ4v) is 5.24. The van der Waals surface area contributed by atoms with Crippen LogP contribution in [0.3, 0.4) is 0 Å². The quantitative estimate of drug-likeness (QED) is 0.352. The highest BCUT2D eigenvalue weighted by atomic mass is 32.2. The normalized spacial score (nSPS) is 18.2. The van der Waals surface area contributed by atoms with Gasteiger partial charge in [-0.25, -0.2) is 14.2 Å². The van der Waals surface area contributed by atoms with E-state index in [1.807, 2.05) is 4.90 Å². The molecule has 174 valence electrons. The number of aromatic nitrogens is 1.